The van der Waals surface area contributed by atoms with Gasteiger partial charge in [0.1, 0.15) is 0 Å². The zero-order valence-corrected chi connectivity index (χ0v) is 12.3. The number of hydrogen-bond acceptors (Lipinski definition) is 2. The van der Waals surface area contributed by atoms with Gasteiger partial charge in [-0.25, -0.2) is 0 Å². The van der Waals surface area contributed by atoms with Crippen molar-refractivity contribution in [2.24, 2.45) is 0 Å². The van der Waals surface area contributed by atoms with Crippen LogP contribution in [0.2, 0.25) is 5.02 Å². The van der Waals surface area contributed by atoms with Crippen molar-refractivity contribution in [2.45, 2.75) is 13.5 Å². The normalized spacial score (nSPS) is 10.4. The standard InChI is InChI=1S/C14H14BrClN2/c1-9-5-6-11(15)7-10(9)8-18-14-12(16)3-2-4-13(14)17/h2-7,18H,8,17H2,1H3. The van der Waals surface area contributed by atoms with Crippen LogP contribution in [0.3, 0.4) is 0 Å². The van der Waals surface area contributed by atoms with Gasteiger partial charge in [-0.15, -0.1) is 0 Å². The van der Waals surface area contributed by atoms with Crippen LogP contribution >= 0.6 is 27.5 Å². The third-order valence-electron chi connectivity index (χ3n) is 2.81. The lowest BCUT2D eigenvalue weighted by Crippen LogP contribution is -2.04. The Morgan fingerprint density at radius 2 is 2.06 bits per heavy atom. The van der Waals surface area contributed by atoms with E-state index in [0.717, 1.165) is 10.2 Å². The van der Waals surface area contributed by atoms with E-state index in [-0.39, 0.29) is 0 Å². The molecule has 2 nitrogen and oxygen atoms in total. The minimum absolute atomic E-state index is 0.641. The van der Waals surface area contributed by atoms with Crippen LogP contribution in [0, 0.1) is 6.92 Å². The van der Waals surface area contributed by atoms with Gasteiger partial charge in [0.15, 0.2) is 0 Å². The topological polar surface area (TPSA) is 38.0 Å². The molecule has 0 heterocycles. The Balaban J connectivity index is 2.19. The summed E-state index contributed by atoms with van der Waals surface area (Å²) in [5, 5.41) is 3.93. The van der Waals surface area contributed by atoms with E-state index in [1.165, 1.54) is 11.1 Å². The number of anilines is 2. The molecule has 2 rings (SSSR count). The molecule has 0 atom stereocenters. The van der Waals surface area contributed by atoms with Gasteiger partial charge in [0.2, 0.25) is 0 Å². The quantitative estimate of drug-likeness (QED) is 0.809. The molecule has 0 amide bonds. The van der Waals surface area contributed by atoms with E-state index in [1.807, 2.05) is 24.3 Å². The van der Waals surface area contributed by atoms with Crippen LogP contribution in [0.5, 0.6) is 0 Å². The average Bonchev–Trinajstić information content (AvgIpc) is 2.33. The Bertz CT molecular complexity index is 549. The van der Waals surface area contributed by atoms with Crippen molar-refractivity contribution in [3.63, 3.8) is 0 Å². The van der Waals surface area contributed by atoms with Crippen LogP contribution in [-0.4, -0.2) is 0 Å². The van der Waals surface area contributed by atoms with Crippen LogP contribution in [0.25, 0.3) is 0 Å². The Morgan fingerprint density at radius 1 is 1.28 bits per heavy atom. The lowest BCUT2D eigenvalue weighted by molar-refractivity contribution is 1.12. The molecule has 0 aliphatic rings. The number of nitrogens with two attached hydrogens (primary N) is 1. The summed E-state index contributed by atoms with van der Waals surface area (Å²) in [5.74, 6) is 0. The SMILES string of the molecule is Cc1ccc(Br)cc1CNc1c(N)cccc1Cl. The fourth-order valence-corrected chi connectivity index (χ4v) is 2.40. The fourth-order valence-electron chi connectivity index (χ4n) is 1.74. The first-order valence-electron chi connectivity index (χ1n) is 5.61. The molecule has 0 radical (unpaired) electrons. The Kier molecular flexibility index (Phi) is 4.15. The third-order valence-corrected chi connectivity index (χ3v) is 3.62. The molecule has 94 valence electrons. The maximum Gasteiger partial charge on any atom is 0.0765 e. The van der Waals surface area contributed by atoms with Crippen molar-refractivity contribution in [2.75, 3.05) is 11.1 Å². The molecule has 0 saturated heterocycles. The molecule has 18 heavy (non-hydrogen) atoms. The monoisotopic (exact) mass is 324 g/mol. The number of hydrogen-bond donors (Lipinski definition) is 2. The number of nitrogens with one attached hydrogen (secondary N) is 1. The molecule has 0 aliphatic carbocycles. The van der Waals surface area contributed by atoms with E-state index >= 15 is 0 Å². The lowest BCUT2D eigenvalue weighted by atomic mass is 10.1. The van der Waals surface area contributed by atoms with Crippen molar-refractivity contribution in [1.29, 1.82) is 0 Å². The average molecular weight is 326 g/mol. The first-order chi connectivity index (χ1) is 8.58. The Labute approximate surface area is 120 Å². The number of nitrogen functional groups attached to an aromatic ring is 1. The van der Waals surface area contributed by atoms with E-state index in [4.69, 9.17) is 17.3 Å². The van der Waals surface area contributed by atoms with Crippen LogP contribution in [0.4, 0.5) is 11.4 Å². The summed E-state index contributed by atoms with van der Waals surface area (Å²) in [6.45, 7) is 2.78. The summed E-state index contributed by atoms with van der Waals surface area (Å²) < 4.78 is 1.07. The van der Waals surface area contributed by atoms with Crippen LogP contribution in [0.15, 0.2) is 40.9 Å². The summed E-state index contributed by atoms with van der Waals surface area (Å²) in [6, 6.07) is 11.7. The molecule has 3 N–H and O–H groups in total. The largest absolute Gasteiger partial charge is 0.397 e. The van der Waals surface area contributed by atoms with Gasteiger partial charge in [-0.05, 0) is 42.3 Å². The highest BCUT2D eigenvalue weighted by molar-refractivity contribution is 9.10. The van der Waals surface area contributed by atoms with E-state index in [0.29, 0.717) is 17.3 Å². The van der Waals surface area contributed by atoms with Gasteiger partial charge < -0.3 is 11.1 Å². The van der Waals surface area contributed by atoms with Crippen molar-refractivity contribution in [3.05, 3.63) is 57.0 Å². The maximum absolute atomic E-state index is 6.12. The minimum Gasteiger partial charge on any atom is -0.397 e. The van der Waals surface area contributed by atoms with Gasteiger partial charge in [-0.1, -0.05) is 39.7 Å². The van der Waals surface area contributed by atoms with Gasteiger partial charge in [0.05, 0.1) is 16.4 Å². The molecule has 0 bridgehead atoms. The molecule has 0 aromatic heterocycles. The number of benzene rings is 2. The fraction of sp³-hybridized carbons (Fsp3) is 0.143. The summed E-state index contributed by atoms with van der Waals surface area (Å²) in [6.07, 6.45) is 0. The molecule has 0 spiro atoms. The van der Waals surface area contributed by atoms with E-state index in [1.54, 1.807) is 0 Å². The second kappa shape index (κ2) is 5.63. The predicted molar refractivity (Wildman–Crippen MR) is 82.1 cm³/mol. The zero-order chi connectivity index (χ0) is 13.1. The van der Waals surface area contributed by atoms with Gasteiger partial charge >= 0.3 is 0 Å². The zero-order valence-electron chi connectivity index (χ0n) is 10.0. The van der Waals surface area contributed by atoms with Crippen molar-refractivity contribution in [1.82, 2.24) is 0 Å². The molecule has 4 heteroatoms. The molecule has 0 saturated carbocycles. The summed E-state index contributed by atoms with van der Waals surface area (Å²) in [4.78, 5) is 0. The van der Waals surface area contributed by atoms with Crippen LogP contribution in [-0.2, 0) is 6.54 Å². The predicted octanol–water partition coefficient (Wildman–Crippen LogP) is 4.61. The van der Waals surface area contributed by atoms with Crippen LogP contribution < -0.4 is 11.1 Å². The summed E-state index contributed by atoms with van der Waals surface area (Å²) in [5.41, 5.74) is 9.79. The number of aryl methyl sites for hydroxylation is 1. The summed E-state index contributed by atoms with van der Waals surface area (Å²) in [7, 11) is 0. The molecular weight excluding hydrogens is 312 g/mol. The van der Waals surface area contributed by atoms with E-state index < -0.39 is 0 Å². The van der Waals surface area contributed by atoms with Gasteiger partial charge in [0.25, 0.3) is 0 Å². The van der Waals surface area contributed by atoms with Crippen molar-refractivity contribution < 1.29 is 0 Å². The van der Waals surface area contributed by atoms with E-state index in [2.05, 4.69) is 40.3 Å². The number of rotatable bonds is 3. The van der Waals surface area contributed by atoms with Crippen LogP contribution in [0.1, 0.15) is 11.1 Å². The number of halogens is 2. The second-order valence-electron chi connectivity index (χ2n) is 4.13. The highest BCUT2D eigenvalue weighted by atomic mass is 79.9. The first kappa shape index (κ1) is 13.2. The molecule has 0 unspecified atom stereocenters. The molecular formula is C14H14BrClN2. The minimum atomic E-state index is 0.641. The second-order valence-corrected chi connectivity index (χ2v) is 5.45. The summed E-state index contributed by atoms with van der Waals surface area (Å²) >= 11 is 9.59. The Morgan fingerprint density at radius 3 is 2.78 bits per heavy atom. The highest BCUT2D eigenvalue weighted by Gasteiger charge is 2.05. The lowest BCUT2D eigenvalue weighted by Gasteiger charge is -2.13. The molecule has 0 fully saturated rings. The number of para-hydroxylation sites is 1. The third kappa shape index (κ3) is 2.98. The first-order valence-corrected chi connectivity index (χ1v) is 6.78. The van der Waals surface area contributed by atoms with Crippen molar-refractivity contribution in [3.8, 4) is 0 Å². The van der Waals surface area contributed by atoms with Gasteiger partial charge in [-0.3, -0.25) is 0 Å². The van der Waals surface area contributed by atoms with Gasteiger partial charge in [-0.2, -0.15) is 0 Å². The molecule has 2 aromatic rings. The Hall–Kier alpha value is -1.19. The smallest absolute Gasteiger partial charge is 0.0765 e. The highest BCUT2D eigenvalue weighted by Crippen LogP contribution is 2.28. The van der Waals surface area contributed by atoms with Crippen molar-refractivity contribution >= 4 is 38.9 Å². The maximum atomic E-state index is 6.12. The molecule has 0 aliphatic heterocycles. The van der Waals surface area contributed by atoms with Gasteiger partial charge in [0, 0.05) is 11.0 Å². The van der Waals surface area contributed by atoms with E-state index in [9.17, 15) is 0 Å². The molecule has 2 aromatic carbocycles.